The van der Waals surface area contributed by atoms with Crippen molar-refractivity contribution in [2.24, 2.45) is 5.73 Å². The molecule has 0 fully saturated rings. The molecular weight excluding hydrogens is 370 g/mol. The Morgan fingerprint density at radius 1 is 1.10 bits per heavy atom. The molecule has 2 aromatic rings. The van der Waals surface area contributed by atoms with Gasteiger partial charge in [0.1, 0.15) is 6.54 Å². The van der Waals surface area contributed by atoms with E-state index in [4.69, 9.17) is 10.8 Å². The lowest BCUT2D eigenvalue weighted by atomic mass is 10.1. The zero-order valence-corrected chi connectivity index (χ0v) is 16.0. The van der Waals surface area contributed by atoms with E-state index in [9.17, 15) is 14.4 Å². The highest BCUT2D eigenvalue weighted by atomic mass is 16.4. The Kier molecular flexibility index (Phi) is 5.96. The number of likely N-dealkylation sites (N-methyl/N-ethyl adjacent to an activating group) is 1. The van der Waals surface area contributed by atoms with Crippen molar-refractivity contribution in [1.29, 1.82) is 0 Å². The molecule has 1 aliphatic heterocycles. The molecule has 0 saturated carbocycles. The highest BCUT2D eigenvalue weighted by Crippen LogP contribution is 2.26. The molecule has 0 unspecified atom stereocenters. The number of carbonyl (C=O) groups excluding carboxylic acids is 2. The second-order valence-electron chi connectivity index (χ2n) is 6.71. The first-order valence-electron chi connectivity index (χ1n) is 9.11. The number of anilines is 1. The van der Waals surface area contributed by atoms with Gasteiger partial charge in [-0.1, -0.05) is 24.0 Å². The number of nitrogens with zero attached hydrogens (tertiary/aromatic N) is 2. The standard InChI is InChI=1S/C22H21N3O4/c1-24-19-9-8-16(5-2-15-3-6-17(13-23)7-4-15)12-18(19)22(29)25(14-20(24)26)11-10-21(27)28/h3-4,6-9,12H,10-11,13-14,23H2,1H3,(H,27,28). The molecule has 0 bridgehead atoms. The van der Waals surface area contributed by atoms with Crippen LogP contribution in [0.1, 0.15) is 33.5 Å². The fourth-order valence-corrected chi connectivity index (χ4v) is 3.00. The highest BCUT2D eigenvalue weighted by Gasteiger charge is 2.30. The van der Waals surface area contributed by atoms with Crippen LogP contribution in [0.25, 0.3) is 0 Å². The van der Waals surface area contributed by atoms with E-state index in [0.29, 0.717) is 23.4 Å². The lowest BCUT2D eigenvalue weighted by Crippen LogP contribution is -2.38. The normalized spacial score (nSPS) is 13.4. The Labute approximate surface area is 168 Å². The first-order valence-corrected chi connectivity index (χ1v) is 9.11. The second-order valence-corrected chi connectivity index (χ2v) is 6.71. The van der Waals surface area contributed by atoms with Gasteiger partial charge in [0.15, 0.2) is 0 Å². The summed E-state index contributed by atoms with van der Waals surface area (Å²) in [5, 5.41) is 8.91. The number of rotatable bonds is 4. The van der Waals surface area contributed by atoms with Crippen molar-refractivity contribution in [3.63, 3.8) is 0 Å². The number of aliphatic carboxylic acids is 1. The van der Waals surface area contributed by atoms with Gasteiger partial charge < -0.3 is 20.6 Å². The molecule has 0 saturated heterocycles. The van der Waals surface area contributed by atoms with Crippen molar-refractivity contribution in [2.45, 2.75) is 13.0 Å². The molecule has 0 atom stereocenters. The van der Waals surface area contributed by atoms with E-state index >= 15 is 0 Å². The van der Waals surface area contributed by atoms with Gasteiger partial charge in [-0.15, -0.1) is 0 Å². The molecule has 0 spiro atoms. The van der Waals surface area contributed by atoms with Gasteiger partial charge in [-0.3, -0.25) is 14.4 Å². The molecule has 7 heteroatoms. The Hall–Kier alpha value is -3.63. The summed E-state index contributed by atoms with van der Waals surface area (Å²) in [6.45, 7) is 0.271. The number of carboxylic acid groups (broad SMARTS) is 1. The van der Waals surface area contributed by atoms with Gasteiger partial charge in [0.05, 0.1) is 17.7 Å². The minimum Gasteiger partial charge on any atom is -0.481 e. The van der Waals surface area contributed by atoms with Gasteiger partial charge in [-0.05, 0) is 35.9 Å². The van der Waals surface area contributed by atoms with E-state index in [1.165, 1.54) is 9.80 Å². The van der Waals surface area contributed by atoms with Gasteiger partial charge in [0, 0.05) is 31.3 Å². The topological polar surface area (TPSA) is 104 Å². The van der Waals surface area contributed by atoms with E-state index < -0.39 is 5.97 Å². The van der Waals surface area contributed by atoms with Gasteiger partial charge in [0.25, 0.3) is 5.91 Å². The summed E-state index contributed by atoms with van der Waals surface area (Å²) in [4.78, 5) is 38.9. The Morgan fingerprint density at radius 2 is 1.76 bits per heavy atom. The molecule has 2 amide bonds. The van der Waals surface area contributed by atoms with Crippen LogP contribution in [0, 0.1) is 11.8 Å². The fraction of sp³-hybridized carbons (Fsp3) is 0.227. The van der Waals surface area contributed by atoms with Gasteiger partial charge in [0.2, 0.25) is 5.91 Å². The van der Waals surface area contributed by atoms with Crippen LogP contribution in [-0.2, 0) is 16.1 Å². The van der Waals surface area contributed by atoms with Crippen LogP contribution < -0.4 is 10.6 Å². The summed E-state index contributed by atoms with van der Waals surface area (Å²) in [6.07, 6.45) is -0.226. The Balaban J connectivity index is 1.92. The number of benzene rings is 2. The third-order valence-corrected chi connectivity index (χ3v) is 4.71. The summed E-state index contributed by atoms with van der Waals surface area (Å²) in [7, 11) is 1.60. The molecule has 29 heavy (non-hydrogen) atoms. The monoisotopic (exact) mass is 391 g/mol. The number of nitrogens with two attached hydrogens (primary N) is 1. The van der Waals surface area contributed by atoms with Crippen LogP contribution in [0.5, 0.6) is 0 Å². The third kappa shape index (κ3) is 4.62. The van der Waals surface area contributed by atoms with Crippen molar-refractivity contribution in [2.75, 3.05) is 25.0 Å². The van der Waals surface area contributed by atoms with E-state index in [2.05, 4.69) is 11.8 Å². The number of hydrogen-bond donors (Lipinski definition) is 2. The molecule has 0 aromatic heterocycles. The lowest BCUT2D eigenvalue weighted by Gasteiger charge is -2.18. The molecule has 7 nitrogen and oxygen atoms in total. The zero-order chi connectivity index (χ0) is 21.0. The van der Waals surface area contributed by atoms with Crippen molar-refractivity contribution in [3.8, 4) is 11.8 Å². The van der Waals surface area contributed by atoms with Gasteiger partial charge in [-0.25, -0.2) is 0 Å². The molecule has 0 radical (unpaired) electrons. The quantitative estimate of drug-likeness (QED) is 0.768. The number of hydrogen-bond acceptors (Lipinski definition) is 4. The summed E-state index contributed by atoms with van der Waals surface area (Å²) in [5.41, 5.74) is 8.86. The fourth-order valence-electron chi connectivity index (χ4n) is 3.00. The number of carbonyl (C=O) groups is 3. The van der Waals surface area contributed by atoms with Crippen molar-refractivity contribution in [1.82, 2.24) is 4.90 Å². The molecule has 1 heterocycles. The average molecular weight is 391 g/mol. The first kappa shape index (κ1) is 20.1. The van der Waals surface area contributed by atoms with E-state index in [1.807, 2.05) is 24.3 Å². The molecule has 0 aliphatic carbocycles. The van der Waals surface area contributed by atoms with Crippen LogP contribution in [-0.4, -0.2) is 47.9 Å². The lowest BCUT2D eigenvalue weighted by molar-refractivity contribution is -0.137. The minimum atomic E-state index is -1.02. The molecule has 148 valence electrons. The van der Waals surface area contributed by atoms with Crippen LogP contribution >= 0.6 is 0 Å². The molecular formula is C22H21N3O4. The summed E-state index contributed by atoms with van der Waals surface area (Å²) in [5.74, 6) is 4.40. The SMILES string of the molecule is CN1C(=O)CN(CCC(=O)O)C(=O)c2cc(C#Cc3ccc(CN)cc3)ccc21. The van der Waals surface area contributed by atoms with E-state index in [0.717, 1.165) is 11.1 Å². The smallest absolute Gasteiger partial charge is 0.305 e. The molecule has 2 aromatic carbocycles. The molecule has 3 rings (SSSR count). The zero-order valence-electron chi connectivity index (χ0n) is 16.0. The summed E-state index contributed by atoms with van der Waals surface area (Å²) < 4.78 is 0. The largest absolute Gasteiger partial charge is 0.481 e. The van der Waals surface area contributed by atoms with Crippen LogP contribution in [0.2, 0.25) is 0 Å². The van der Waals surface area contributed by atoms with Crippen LogP contribution in [0.15, 0.2) is 42.5 Å². The summed E-state index contributed by atoms with van der Waals surface area (Å²) >= 11 is 0. The van der Waals surface area contributed by atoms with E-state index in [-0.39, 0.29) is 31.3 Å². The summed E-state index contributed by atoms with van der Waals surface area (Å²) in [6, 6.07) is 12.7. The van der Waals surface area contributed by atoms with Crippen molar-refractivity contribution in [3.05, 3.63) is 64.7 Å². The third-order valence-electron chi connectivity index (χ3n) is 4.71. The second kappa shape index (κ2) is 8.59. The highest BCUT2D eigenvalue weighted by molar-refractivity contribution is 6.09. The Bertz CT molecular complexity index is 1020. The van der Waals surface area contributed by atoms with Crippen LogP contribution in [0.3, 0.4) is 0 Å². The molecule has 3 N–H and O–H groups in total. The maximum absolute atomic E-state index is 12.9. The van der Waals surface area contributed by atoms with Crippen LogP contribution in [0.4, 0.5) is 5.69 Å². The van der Waals surface area contributed by atoms with Gasteiger partial charge in [-0.2, -0.15) is 0 Å². The number of carboxylic acids is 1. The van der Waals surface area contributed by atoms with Gasteiger partial charge >= 0.3 is 5.97 Å². The number of fused-ring (bicyclic) bond motifs is 1. The predicted octanol–water partition coefficient (Wildman–Crippen LogP) is 1.44. The predicted molar refractivity (Wildman–Crippen MR) is 108 cm³/mol. The average Bonchev–Trinajstić information content (AvgIpc) is 2.81. The van der Waals surface area contributed by atoms with E-state index in [1.54, 1.807) is 25.2 Å². The van der Waals surface area contributed by atoms with Crippen molar-refractivity contribution >= 4 is 23.5 Å². The minimum absolute atomic E-state index is 0.0312. The maximum atomic E-state index is 12.9. The van der Waals surface area contributed by atoms with Crippen molar-refractivity contribution < 1.29 is 19.5 Å². The molecule has 1 aliphatic rings. The number of amides is 2. The Morgan fingerprint density at radius 3 is 2.41 bits per heavy atom. The maximum Gasteiger partial charge on any atom is 0.305 e. The first-order chi connectivity index (χ1) is 13.9.